The molecular weight excluding hydrogens is 286 g/mol. The maximum atomic E-state index is 13.0. The number of nitrogens with zero attached hydrogens (tertiary/aromatic N) is 1. The summed E-state index contributed by atoms with van der Waals surface area (Å²) in [7, 11) is 1.57. The highest BCUT2D eigenvalue weighted by Crippen LogP contribution is 2.31. The molecular formula is C17H24ClNO2. The zero-order chi connectivity index (χ0) is 15.5. The van der Waals surface area contributed by atoms with Crippen LogP contribution in [0.25, 0.3) is 0 Å². The fourth-order valence-electron chi connectivity index (χ4n) is 3.03. The van der Waals surface area contributed by atoms with E-state index in [0.717, 1.165) is 19.5 Å². The van der Waals surface area contributed by atoms with Crippen molar-refractivity contribution in [3.63, 3.8) is 0 Å². The van der Waals surface area contributed by atoms with Gasteiger partial charge in [-0.2, -0.15) is 0 Å². The molecule has 1 aliphatic rings. The molecule has 0 amide bonds. The number of piperidine rings is 1. The lowest BCUT2D eigenvalue weighted by atomic mass is 9.85. The van der Waals surface area contributed by atoms with Crippen LogP contribution < -0.4 is 4.74 Å². The number of ketones is 1. The number of ether oxygens (including phenoxy) is 1. The molecule has 1 aromatic rings. The Bertz CT molecular complexity index is 512. The topological polar surface area (TPSA) is 29.5 Å². The monoisotopic (exact) mass is 309 g/mol. The molecule has 0 bridgehead atoms. The van der Waals surface area contributed by atoms with Crippen molar-refractivity contribution >= 4 is 17.4 Å². The number of likely N-dealkylation sites (tertiary alicyclic amines) is 1. The summed E-state index contributed by atoms with van der Waals surface area (Å²) in [6.45, 7) is 6.14. The number of benzene rings is 1. The molecule has 1 atom stereocenters. The van der Waals surface area contributed by atoms with Gasteiger partial charge in [-0.15, -0.1) is 0 Å². The normalized spacial score (nSPS) is 19.0. The Hall–Kier alpha value is -1.06. The van der Waals surface area contributed by atoms with Crippen molar-refractivity contribution in [2.45, 2.75) is 45.1 Å². The van der Waals surface area contributed by atoms with E-state index < -0.39 is 5.54 Å². The molecule has 1 unspecified atom stereocenters. The van der Waals surface area contributed by atoms with E-state index in [9.17, 15) is 4.79 Å². The molecule has 0 saturated carbocycles. The fourth-order valence-corrected chi connectivity index (χ4v) is 3.22. The first kappa shape index (κ1) is 16.3. The van der Waals surface area contributed by atoms with Crippen molar-refractivity contribution in [2.24, 2.45) is 0 Å². The van der Waals surface area contributed by atoms with Crippen molar-refractivity contribution in [1.29, 1.82) is 0 Å². The number of hydrogen-bond donors (Lipinski definition) is 0. The zero-order valence-corrected chi connectivity index (χ0v) is 13.9. The van der Waals surface area contributed by atoms with Gasteiger partial charge < -0.3 is 4.74 Å². The summed E-state index contributed by atoms with van der Waals surface area (Å²) in [5.74, 6) is 0.710. The summed E-state index contributed by atoms with van der Waals surface area (Å²) in [6.07, 6.45) is 4.41. The van der Waals surface area contributed by atoms with Gasteiger partial charge in [0.2, 0.25) is 0 Å². The van der Waals surface area contributed by atoms with E-state index in [4.69, 9.17) is 16.3 Å². The third-order valence-corrected chi connectivity index (χ3v) is 4.96. The van der Waals surface area contributed by atoms with Gasteiger partial charge in [0, 0.05) is 5.56 Å². The highest BCUT2D eigenvalue weighted by molar-refractivity contribution is 6.32. The van der Waals surface area contributed by atoms with Crippen LogP contribution in [0.1, 0.15) is 49.9 Å². The van der Waals surface area contributed by atoms with Crippen LogP contribution in [0, 0.1) is 0 Å². The molecule has 0 spiro atoms. The highest BCUT2D eigenvalue weighted by Gasteiger charge is 2.38. The first-order valence-electron chi connectivity index (χ1n) is 7.66. The molecule has 0 radical (unpaired) electrons. The average Bonchev–Trinajstić information content (AvgIpc) is 2.54. The number of hydrogen-bond acceptors (Lipinski definition) is 3. The van der Waals surface area contributed by atoms with Crippen molar-refractivity contribution in [3.05, 3.63) is 28.8 Å². The van der Waals surface area contributed by atoms with E-state index in [1.165, 1.54) is 19.3 Å². The Morgan fingerprint density at radius 3 is 2.57 bits per heavy atom. The summed E-state index contributed by atoms with van der Waals surface area (Å²) in [4.78, 5) is 15.4. The summed E-state index contributed by atoms with van der Waals surface area (Å²) in [5.41, 5.74) is 0.227. The lowest BCUT2D eigenvalue weighted by Gasteiger charge is -2.42. The van der Waals surface area contributed by atoms with Gasteiger partial charge in [0.25, 0.3) is 0 Å². The Kier molecular flexibility index (Phi) is 5.28. The summed E-state index contributed by atoms with van der Waals surface area (Å²) in [6, 6.07) is 5.29. The number of carbonyl (C=O) groups excluding carboxylic acids is 1. The van der Waals surface area contributed by atoms with Crippen LogP contribution >= 0.6 is 11.6 Å². The Morgan fingerprint density at radius 1 is 1.33 bits per heavy atom. The molecule has 4 heteroatoms. The number of rotatable bonds is 5. The number of halogens is 1. The second kappa shape index (κ2) is 6.80. The van der Waals surface area contributed by atoms with Crippen molar-refractivity contribution in [2.75, 3.05) is 20.2 Å². The Balaban J connectivity index is 2.30. The molecule has 0 aromatic heterocycles. The third kappa shape index (κ3) is 3.24. The van der Waals surface area contributed by atoms with Gasteiger partial charge in [-0.3, -0.25) is 9.69 Å². The summed E-state index contributed by atoms with van der Waals surface area (Å²) in [5, 5.41) is 0.533. The zero-order valence-electron chi connectivity index (χ0n) is 13.1. The van der Waals surface area contributed by atoms with Gasteiger partial charge in [-0.25, -0.2) is 0 Å². The first-order valence-corrected chi connectivity index (χ1v) is 8.04. The van der Waals surface area contributed by atoms with Crippen LogP contribution in [-0.4, -0.2) is 36.4 Å². The molecule has 0 aliphatic carbocycles. The smallest absolute Gasteiger partial charge is 0.182 e. The Labute approximate surface area is 132 Å². The molecule has 0 N–H and O–H groups in total. The quantitative estimate of drug-likeness (QED) is 0.764. The van der Waals surface area contributed by atoms with Gasteiger partial charge in [0.05, 0.1) is 17.7 Å². The predicted molar refractivity (Wildman–Crippen MR) is 86.5 cm³/mol. The SMILES string of the molecule is CCC(C)(C(=O)c1ccc(Cl)c(OC)c1)N1CCCCC1. The number of carbonyl (C=O) groups is 1. The van der Waals surface area contributed by atoms with Crippen LogP contribution in [0.3, 0.4) is 0 Å². The van der Waals surface area contributed by atoms with E-state index in [1.807, 2.05) is 0 Å². The van der Waals surface area contributed by atoms with E-state index in [2.05, 4.69) is 18.7 Å². The maximum absolute atomic E-state index is 13.0. The van der Waals surface area contributed by atoms with Gasteiger partial charge in [0.15, 0.2) is 5.78 Å². The summed E-state index contributed by atoms with van der Waals surface area (Å²) >= 11 is 6.05. The minimum absolute atomic E-state index is 0.155. The molecule has 2 rings (SSSR count). The summed E-state index contributed by atoms with van der Waals surface area (Å²) < 4.78 is 5.23. The van der Waals surface area contributed by atoms with Crippen LogP contribution in [0.4, 0.5) is 0 Å². The molecule has 1 aromatic carbocycles. The minimum atomic E-state index is -0.445. The molecule has 3 nitrogen and oxygen atoms in total. The van der Waals surface area contributed by atoms with E-state index >= 15 is 0 Å². The third-order valence-electron chi connectivity index (χ3n) is 4.64. The average molecular weight is 310 g/mol. The van der Waals surface area contributed by atoms with E-state index in [-0.39, 0.29) is 5.78 Å². The molecule has 1 fully saturated rings. The van der Waals surface area contributed by atoms with Crippen LogP contribution in [0.15, 0.2) is 18.2 Å². The van der Waals surface area contributed by atoms with Crippen LogP contribution in [-0.2, 0) is 0 Å². The van der Waals surface area contributed by atoms with Crippen molar-refractivity contribution < 1.29 is 9.53 Å². The lowest BCUT2D eigenvalue weighted by Crippen LogP contribution is -2.53. The van der Waals surface area contributed by atoms with E-state index in [0.29, 0.717) is 16.3 Å². The largest absolute Gasteiger partial charge is 0.495 e. The first-order chi connectivity index (χ1) is 10.0. The molecule has 21 heavy (non-hydrogen) atoms. The van der Waals surface area contributed by atoms with E-state index in [1.54, 1.807) is 25.3 Å². The maximum Gasteiger partial charge on any atom is 0.182 e. The van der Waals surface area contributed by atoms with Gasteiger partial charge in [0.1, 0.15) is 5.75 Å². The standard InChI is InChI=1S/C17H24ClNO2/c1-4-17(2,19-10-6-5-7-11-19)16(20)13-8-9-14(18)15(12-13)21-3/h8-9,12H,4-7,10-11H2,1-3H3. The Morgan fingerprint density at radius 2 is 2.00 bits per heavy atom. The lowest BCUT2D eigenvalue weighted by molar-refractivity contribution is 0.0505. The second-order valence-electron chi connectivity index (χ2n) is 5.85. The molecule has 1 saturated heterocycles. The highest BCUT2D eigenvalue weighted by atomic mass is 35.5. The fraction of sp³-hybridized carbons (Fsp3) is 0.588. The van der Waals surface area contributed by atoms with Crippen LogP contribution in [0.5, 0.6) is 5.75 Å². The van der Waals surface area contributed by atoms with Gasteiger partial charge >= 0.3 is 0 Å². The van der Waals surface area contributed by atoms with Crippen molar-refractivity contribution in [3.8, 4) is 5.75 Å². The number of Topliss-reactive ketones (excluding diaryl/α,β-unsaturated/α-hetero) is 1. The van der Waals surface area contributed by atoms with Crippen molar-refractivity contribution in [1.82, 2.24) is 4.90 Å². The molecule has 116 valence electrons. The molecule has 1 heterocycles. The van der Waals surface area contributed by atoms with Gasteiger partial charge in [-0.1, -0.05) is 24.9 Å². The number of methoxy groups -OCH3 is 1. The predicted octanol–water partition coefficient (Wildman–Crippen LogP) is 4.19. The molecule has 1 aliphatic heterocycles. The second-order valence-corrected chi connectivity index (χ2v) is 6.26. The van der Waals surface area contributed by atoms with Gasteiger partial charge in [-0.05, 0) is 57.5 Å². The minimum Gasteiger partial charge on any atom is -0.495 e. The van der Waals surface area contributed by atoms with Crippen LogP contribution in [0.2, 0.25) is 5.02 Å².